The Balaban J connectivity index is 2.01. The number of ether oxygens (including phenoxy) is 3. The number of aromatic nitrogens is 3. The number of hydrogen-bond acceptors (Lipinski definition) is 10. The third-order valence-corrected chi connectivity index (χ3v) is 4.57. The van der Waals surface area contributed by atoms with E-state index in [0.717, 1.165) is 0 Å². The molecule has 0 spiro atoms. The van der Waals surface area contributed by atoms with Gasteiger partial charge >= 0.3 is 5.97 Å². The molecular weight excluding hydrogens is 376 g/mol. The number of nitrogens with two attached hydrogens (primary N) is 1. The lowest BCUT2D eigenvalue weighted by Gasteiger charge is -2.41. The lowest BCUT2D eigenvalue weighted by molar-refractivity contribution is -0.303. The van der Waals surface area contributed by atoms with Crippen LogP contribution in [0, 0.1) is 0 Å². The zero-order valence-corrected chi connectivity index (χ0v) is 15.6. The number of aliphatic carboxylic acids is 1. The maximum Gasteiger partial charge on any atom is 0.328 e. The van der Waals surface area contributed by atoms with E-state index in [9.17, 15) is 25.2 Å². The topological polar surface area (TPSA) is 182 Å². The highest BCUT2D eigenvalue weighted by molar-refractivity contribution is 5.71. The highest BCUT2D eigenvalue weighted by Crippen LogP contribution is 2.25. The summed E-state index contributed by atoms with van der Waals surface area (Å²) in [6.07, 6.45) is -2.57. The van der Waals surface area contributed by atoms with Crippen molar-refractivity contribution in [2.24, 2.45) is 5.73 Å². The van der Waals surface area contributed by atoms with Crippen LogP contribution in [0.4, 0.5) is 0 Å². The molecule has 1 unspecified atom stereocenters. The second-order valence-electron chi connectivity index (χ2n) is 6.55. The summed E-state index contributed by atoms with van der Waals surface area (Å²) in [5.41, 5.74) is 5.76. The van der Waals surface area contributed by atoms with Gasteiger partial charge in [-0.15, -0.1) is 5.10 Å². The van der Waals surface area contributed by atoms with Gasteiger partial charge in [-0.1, -0.05) is 5.21 Å². The van der Waals surface area contributed by atoms with E-state index >= 15 is 0 Å². The number of carboxylic acids is 1. The summed E-state index contributed by atoms with van der Waals surface area (Å²) in [4.78, 5) is 11.5. The molecule has 12 nitrogen and oxygen atoms in total. The summed E-state index contributed by atoms with van der Waals surface area (Å²) < 4.78 is 17.0. The van der Waals surface area contributed by atoms with Crippen molar-refractivity contribution in [1.82, 2.24) is 15.0 Å². The zero-order chi connectivity index (χ0) is 20.7. The number of carboxylic acid groups (broad SMARTS) is 1. The van der Waals surface area contributed by atoms with Crippen molar-refractivity contribution in [3.05, 3.63) is 11.9 Å². The molecule has 0 bridgehead atoms. The minimum absolute atomic E-state index is 0.136. The fourth-order valence-electron chi connectivity index (χ4n) is 3.01. The highest BCUT2D eigenvalue weighted by atomic mass is 16.7. The first kappa shape index (κ1) is 22.6. The molecule has 28 heavy (non-hydrogen) atoms. The smallest absolute Gasteiger partial charge is 0.328 e. The quantitative estimate of drug-likeness (QED) is 0.257. The van der Waals surface area contributed by atoms with Gasteiger partial charge in [0.15, 0.2) is 12.3 Å². The second kappa shape index (κ2) is 10.8. The van der Waals surface area contributed by atoms with Crippen molar-refractivity contribution in [2.75, 3.05) is 20.3 Å². The van der Waals surface area contributed by atoms with Crippen LogP contribution in [0.1, 0.15) is 31.0 Å². The number of methoxy groups -OCH3 is 1. The van der Waals surface area contributed by atoms with Crippen molar-refractivity contribution in [3.63, 3.8) is 0 Å². The van der Waals surface area contributed by atoms with Crippen LogP contribution in [0.15, 0.2) is 6.20 Å². The SMILES string of the molecule is CO[C@H]1O[C@H](CO)[C@H](O)[C@H](OCc2cn(C(CCCCN)C(=O)O)nn2)[C@H]1O. The van der Waals surface area contributed by atoms with Gasteiger partial charge in [-0.25, -0.2) is 9.48 Å². The molecule has 1 aromatic heterocycles. The molecule has 2 rings (SSSR count). The first-order chi connectivity index (χ1) is 13.4. The number of unbranched alkanes of at least 4 members (excludes halogenated alkanes) is 1. The fourth-order valence-corrected chi connectivity index (χ4v) is 3.01. The Morgan fingerprint density at radius 1 is 1.39 bits per heavy atom. The summed E-state index contributed by atoms with van der Waals surface area (Å²) in [6.45, 7) is -0.134. The van der Waals surface area contributed by atoms with Gasteiger partial charge in [0.2, 0.25) is 0 Å². The predicted octanol–water partition coefficient (Wildman–Crippen LogP) is -2.00. The van der Waals surface area contributed by atoms with Gasteiger partial charge in [-0.05, 0) is 25.8 Å². The lowest BCUT2D eigenvalue weighted by atomic mass is 9.99. The molecule has 160 valence electrons. The van der Waals surface area contributed by atoms with Gasteiger partial charge in [-0.3, -0.25) is 0 Å². The minimum Gasteiger partial charge on any atom is -0.480 e. The Morgan fingerprint density at radius 2 is 2.14 bits per heavy atom. The molecule has 1 aliphatic heterocycles. The van der Waals surface area contributed by atoms with E-state index in [-0.39, 0.29) is 6.61 Å². The van der Waals surface area contributed by atoms with Crippen LogP contribution in [-0.2, 0) is 25.6 Å². The largest absolute Gasteiger partial charge is 0.480 e. The van der Waals surface area contributed by atoms with Gasteiger partial charge in [0.05, 0.1) is 19.4 Å². The van der Waals surface area contributed by atoms with Crippen molar-refractivity contribution >= 4 is 5.97 Å². The number of aliphatic hydroxyl groups is 3. The van der Waals surface area contributed by atoms with Crippen molar-refractivity contribution in [2.45, 2.75) is 62.6 Å². The first-order valence-corrected chi connectivity index (χ1v) is 9.03. The number of nitrogens with zero attached hydrogens (tertiary/aromatic N) is 3. The van der Waals surface area contributed by atoms with Crippen LogP contribution in [0.2, 0.25) is 0 Å². The fraction of sp³-hybridized carbons (Fsp3) is 0.812. The summed E-state index contributed by atoms with van der Waals surface area (Å²) in [5, 5.41) is 46.9. The van der Waals surface area contributed by atoms with Crippen LogP contribution in [0.25, 0.3) is 0 Å². The highest BCUT2D eigenvalue weighted by Gasteiger charge is 2.45. The molecule has 6 N–H and O–H groups in total. The standard InChI is InChI=1S/C16H28N4O8/c1-26-16-13(23)14(12(22)11(7-21)28-16)27-8-9-6-20(19-18-9)10(15(24)25)4-2-3-5-17/h6,10-14,16,21-23H,2-5,7-8,17H2,1H3,(H,24,25)/t10?,11-,12+,13-,14+,16+/m1/s1. The Morgan fingerprint density at radius 3 is 2.75 bits per heavy atom. The molecular formula is C16H28N4O8. The molecule has 1 aromatic rings. The molecule has 0 saturated carbocycles. The Bertz CT molecular complexity index is 599. The van der Waals surface area contributed by atoms with Gasteiger partial charge in [0, 0.05) is 7.11 Å². The van der Waals surface area contributed by atoms with Crippen molar-refractivity contribution in [1.29, 1.82) is 0 Å². The van der Waals surface area contributed by atoms with Gasteiger partial charge < -0.3 is 40.4 Å². The number of carbonyl (C=O) groups is 1. The van der Waals surface area contributed by atoms with Crippen LogP contribution in [-0.4, -0.2) is 92.4 Å². The number of rotatable bonds is 11. The van der Waals surface area contributed by atoms with Crippen molar-refractivity contribution in [3.8, 4) is 0 Å². The molecule has 0 aliphatic carbocycles. The van der Waals surface area contributed by atoms with E-state index < -0.39 is 49.3 Å². The van der Waals surface area contributed by atoms with Gasteiger partial charge in [-0.2, -0.15) is 0 Å². The number of aliphatic hydroxyl groups excluding tert-OH is 3. The van der Waals surface area contributed by atoms with Crippen LogP contribution < -0.4 is 5.73 Å². The van der Waals surface area contributed by atoms with E-state index in [1.54, 1.807) is 0 Å². The molecule has 2 heterocycles. The summed E-state index contributed by atoms with van der Waals surface area (Å²) in [5.74, 6) is -1.03. The molecule has 1 aliphatic rings. The van der Waals surface area contributed by atoms with Crippen LogP contribution in [0.3, 0.4) is 0 Å². The van der Waals surface area contributed by atoms with E-state index in [0.29, 0.717) is 31.5 Å². The predicted molar refractivity (Wildman–Crippen MR) is 92.9 cm³/mol. The van der Waals surface area contributed by atoms with Gasteiger partial charge in [0.25, 0.3) is 0 Å². The van der Waals surface area contributed by atoms with Gasteiger partial charge in [0.1, 0.15) is 30.1 Å². The maximum atomic E-state index is 11.5. The molecule has 1 fully saturated rings. The Kier molecular flexibility index (Phi) is 8.69. The minimum atomic E-state index is -1.29. The van der Waals surface area contributed by atoms with E-state index in [2.05, 4.69) is 10.3 Å². The first-order valence-electron chi connectivity index (χ1n) is 9.03. The summed E-state index contributed by atoms with van der Waals surface area (Å²) in [6, 6.07) is -0.872. The zero-order valence-electron chi connectivity index (χ0n) is 15.6. The van der Waals surface area contributed by atoms with Crippen LogP contribution in [0.5, 0.6) is 0 Å². The van der Waals surface area contributed by atoms with Crippen LogP contribution >= 0.6 is 0 Å². The Labute approximate surface area is 161 Å². The summed E-state index contributed by atoms with van der Waals surface area (Å²) in [7, 11) is 1.32. The van der Waals surface area contributed by atoms with E-state index in [1.165, 1.54) is 18.0 Å². The normalized spacial score (nSPS) is 29.0. The second-order valence-corrected chi connectivity index (χ2v) is 6.55. The lowest BCUT2D eigenvalue weighted by Crippen LogP contribution is -2.59. The average molecular weight is 404 g/mol. The molecule has 0 aromatic carbocycles. The molecule has 6 atom stereocenters. The van der Waals surface area contributed by atoms with E-state index in [1.807, 2.05) is 0 Å². The Hall–Kier alpha value is -1.67. The van der Waals surface area contributed by atoms with E-state index in [4.69, 9.17) is 19.9 Å². The summed E-state index contributed by atoms with van der Waals surface area (Å²) >= 11 is 0. The third-order valence-electron chi connectivity index (χ3n) is 4.57. The molecule has 1 saturated heterocycles. The molecule has 0 radical (unpaired) electrons. The monoisotopic (exact) mass is 404 g/mol. The third kappa shape index (κ3) is 5.44. The average Bonchev–Trinajstić information content (AvgIpc) is 3.13. The maximum absolute atomic E-state index is 11.5. The number of hydrogen-bond donors (Lipinski definition) is 5. The molecule has 12 heteroatoms. The molecule has 0 amide bonds. The van der Waals surface area contributed by atoms with Crippen molar-refractivity contribution < 1.29 is 39.4 Å².